The molecular formula is C25H25N3O5. The SMILES string of the molecule is COc1ccc(CNC(=O)C(NC(=O)c2ccc(C(N)=O)c(OC)c2)c2ccccc2)cc1. The highest BCUT2D eigenvalue weighted by Crippen LogP contribution is 2.21. The van der Waals surface area contributed by atoms with Gasteiger partial charge >= 0.3 is 0 Å². The summed E-state index contributed by atoms with van der Waals surface area (Å²) in [5.41, 5.74) is 7.22. The van der Waals surface area contributed by atoms with Crippen LogP contribution in [-0.4, -0.2) is 31.9 Å². The molecule has 0 fully saturated rings. The third-order valence-corrected chi connectivity index (χ3v) is 5.03. The lowest BCUT2D eigenvalue weighted by molar-refractivity contribution is -0.123. The Bertz CT molecular complexity index is 1130. The smallest absolute Gasteiger partial charge is 0.252 e. The fourth-order valence-corrected chi connectivity index (χ4v) is 3.23. The van der Waals surface area contributed by atoms with Crippen molar-refractivity contribution in [3.05, 3.63) is 95.1 Å². The number of amides is 3. The van der Waals surface area contributed by atoms with Crippen LogP contribution in [0.5, 0.6) is 11.5 Å². The average Bonchev–Trinajstić information content (AvgIpc) is 2.85. The zero-order valence-electron chi connectivity index (χ0n) is 18.3. The van der Waals surface area contributed by atoms with Crippen LogP contribution in [0.3, 0.4) is 0 Å². The summed E-state index contributed by atoms with van der Waals surface area (Å²) in [6, 6.07) is 19.6. The Labute approximate surface area is 191 Å². The van der Waals surface area contributed by atoms with Crippen molar-refractivity contribution in [1.29, 1.82) is 0 Å². The van der Waals surface area contributed by atoms with Gasteiger partial charge in [0.2, 0.25) is 5.91 Å². The maximum absolute atomic E-state index is 13.0. The zero-order valence-corrected chi connectivity index (χ0v) is 18.3. The zero-order chi connectivity index (χ0) is 23.8. The number of methoxy groups -OCH3 is 2. The first kappa shape index (κ1) is 23.3. The molecule has 170 valence electrons. The second kappa shape index (κ2) is 10.8. The third kappa shape index (κ3) is 5.88. The molecule has 0 radical (unpaired) electrons. The molecule has 4 N–H and O–H groups in total. The Balaban J connectivity index is 1.78. The van der Waals surface area contributed by atoms with E-state index in [0.717, 1.165) is 11.3 Å². The van der Waals surface area contributed by atoms with Crippen LogP contribution in [0.2, 0.25) is 0 Å². The number of ether oxygens (including phenoxy) is 2. The van der Waals surface area contributed by atoms with Gasteiger partial charge in [0.25, 0.3) is 11.8 Å². The Hall–Kier alpha value is -4.33. The van der Waals surface area contributed by atoms with Gasteiger partial charge in [-0.05, 0) is 41.5 Å². The van der Waals surface area contributed by atoms with Gasteiger partial charge in [-0.25, -0.2) is 0 Å². The largest absolute Gasteiger partial charge is 0.497 e. The molecule has 0 aliphatic rings. The Morgan fingerprint density at radius 3 is 2.21 bits per heavy atom. The fourth-order valence-electron chi connectivity index (χ4n) is 3.23. The van der Waals surface area contributed by atoms with Gasteiger partial charge in [0, 0.05) is 12.1 Å². The monoisotopic (exact) mass is 447 g/mol. The van der Waals surface area contributed by atoms with Gasteiger partial charge in [-0.1, -0.05) is 42.5 Å². The van der Waals surface area contributed by atoms with Crippen LogP contribution >= 0.6 is 0 Å². The summed E-state index contributed by atoms with van der Waals surface area (Å²) in [5, 5.41) is 5.62. The minimum atomic E-state index is -0.932. The molecule has 1 unspecified atom stereocenters. The standard InChI is InChI=1S/C25H25N3O5/c1-32-19-11-8-16(9-12-19)15-27-25(31)22(17-6-4-3-5-7-17)28-24(30)18-10-13-20(23(26)29)21(14-18)33-2/h3-14,22H,15H2,1-2H3,(H2,26,29)(H,27,31)(H,28,30). The molecule has 0 aliphatic heterocycles. The van der Waals surface area contributed by atoms with E-state index < -0.39 is 17.9 Å². The van der Waals surface area contributed by atoms with Gasteiger partial charge in [-0.3, -0.25) is 14.4 Å². The molecule has 0 heterocycles. The number of nitrogens with one attached hydrogen (secondary N) is 2. The quantitative estimate of drug-likeness (QED) is 0.466. The summed E-state index contributed by atoms with van der Waals surface area (Å²) >= 11 is 0. The van der Waals surface area contributed by atoms with Crippen LogP contribution in [-0.2, 0) is 11.3 Å². The van der Waals surface area contributed by atoms with E-state index in [0.29, 0.717) is 5.56 Å². The predicted molar refractivity (Wildman–Crippen MR) is 123 cm³/mol. The molecule has 0 aromatic heterocycles. The van der Waals surface area contributed by atoms with Gasteiger partial charge < -0.3 is 25.8 Å². The molecular weight excluding hydrogens is 422 g/mol. The van der Waals surface area contributed by atoms with Crippen LogP contribution in [0.4, 0.5) is 0 Å². The molecule has 0 saturated heterocycles. The number of primary amides is 1. The molecule has 3 amide bonds. The maximum Gasteiger partial charge on any atom is 0.252 e. The number of benzene rings is 3. The second-order valence-corrected chi connectivity index (χ2v) is 7.16. The van der Waals surface area contributed by atoms with E-state index >= 15 is 0 Å². The summed E-state index contributed by atoms with van der Waals surface area (Å²) in [6.07, 6.45) is 0. The first-order valence-corrected chi connectivity index (χ1v) is 10.2. The van der Waals surface area contributed by atoms with E-state index in [-0.39, 0.29) is 29.3 Å². The predicted octanol–water partition coefficient (Wildman–Crippen LogP) is 2.59. The number of carbonyl (C=O) groups excluding carboxylic acids is 3. The molecule has 3 rings (SSSR count). The van der Waals surface area contributed by atoms with E-state index in [1.54, 1.807) is 43.5 Å². The highest BCUT2D eigenvalue weighted by molar-refractivity contribution is 6.01. The summed E-state index contributed by atoms with van der Waals surface area (Å²) in [5.74, 6) is -0.643. The van der Waals surface area contributed by atoms with Crippen LogP contribution in [0.25, 0.3) is 0 Å². The van der Waals surface area contributed by atoms with Crippen LogP contribution in [0.1, 0.15) is 37.9 Å². The first-order chi connectivity index (χ1) is 15.9. The Morgan fingerprint density at radius 2 is 1.61 bits per heavy atom. The minimum Gasteiger partial charge on any atom is -0.497 e. The number of hydrogen-bond donors (Lipinski definition) is 3. The molecule has 0 saturated carbocycles. The number of rotatable bonds is 9. The van der Waals surface area contributed by atoms with E-state index in [1.165, 1.54) is 25.3 Å². The lowest BCUT2D eigenvalue weighted by Gasteiger charge is -2.19. The number of carbonyl (C=O) groups is 3. The van der Waals surface area contributed by atoms with Gasteiger partial charge in [0.15, 0.2) is 0 Å². The summed E-state index contributed by atoms with van der Waals surface area (Å²) < 4.78 is 10.3. The number of hydrogen-bond acceptors (Lipinski definition) is 5. The van der Waals surface area contributed by atoms with Crippen molar-refractivity contribution >= 4 is 17.7 Å². The molecule has 8 nitrogen and oxygen atoms in total. The van der Waals surface area contributed by atoms with Crippen LogP contribution < -0.4 is 25.8 Å². The molecule has 8 heteroatoms. The van der Waals surface area contributed by atoms with Crippen molar-refractivity contribution in [2.24, 2.45) is 5.73 Å². The second-order valence-electron chi connectivity index (χ2n) is 7.16. The van der Waals surface area contributed by atoms with E-state index in [4.69, 9.17) is 15.2 Å². The highest BCUT2D eigenvalue weighted by atomic mass is 16.5. The maximum atomic E-state index is 13.0. The average molecular weight is 447 g/mol. The van der Waals surface area contributed by atoms with Gasteiger partial charge in [0.1, 0.15) is 17.5 Å². The Morgan fingerprint density at radius 1 is 0.909 bits per heavy atom. The van der Waals surface area contributed by atoms with Crippen molar-refractivity contribution in [3.63, 3.8) is 0 Å². The molecule has 3 aromatic rings. The normalized spacial score (nSPS) is 11.2. The third-order valence-electron chi connectivity index (χ3n) is 5.03. The molecule has 3 aromatic carbocycles. The van der Waals surface area contributed by atoms with E-state index in [9.17, 15) is 14.4 Å². The van der Waals surface area contributed by atoms with Crippen LogP contribution in [0.15, 0.2) is 72.8 Å². The van der Waals surface area contributed by atoms with Gasteiger partial charge in [-0.2, -0.15) is 0 Å². The summed E-state index contributed by atoms with van der Waals surface area (Å²) in [7, 11) is 2.96. The van der Waals surface area contributed by atoms with Gasteiger partial charge in [0.05, 0.1) is 19.8 Å². The molecule has 33 heavy (non-hydrogen) atoms. The Kier molecular flexibility index (Phi) is 7.64. The van der Waals surface area contributed by atoms with Crippen LogP contribution in [0, 0.1) is 0 Å². The number of nitrogens with two attached hydrogens (primary N) is 1. The molecule has 0 spiro atoms. The summed E-state index contributed by atoms with van der Waals surface area (Å²) in [4.78, 5) is 37.5. The lowest BCUT2D eigenvalue weighted by Crippen LogP contribution is -2.40. The van der Waals surface area contributed by atoms with Crippen molar-refractivity contribution < 1.29 is 23.9 Å². The van der Waals surface area contributed by atoms with E-state index in [1.807, 2.05) is 18.2 Å². The van der Waals surface area contributed by atoms with Crippen molar-refractivity contribution in [1.82, 2.24) is 10.6 Å². The topological polar surface area (TPSA) is 120 Å². The molecule has 0 bridgehead atoms. The molecule has 1 atom stereocenters. The minimum absolute atomic E-state index is 0.158. The van der Waals surface area contributed by atoms with E-state index in [2.05, 4.69) is 10.6 Å². The van der Waals surface area contributed by atoms with Crippen molar-refractivity contribution in [3.8, 4) is 11.5 Å². The lowest BCUT2D eigenvalue weighted by atomic mass is 10.0. The van der Waals surface area contributed by atoms with Crippen molar-refractivity contribution in [2.45, 2.75) is 12.6 Å². The van der Waals surface area contributed by atoms with Crippen molar-refractivity contribution in [2.75, 3.05) is 14.2 Å². The fraction of sp³-hybridized carbons (Fsp3) is 0.160. The highest BCUT2D eigenvalue weighted by Gasteiger charge is 2.24. The van der Waals surface area contributed by atoms with Gasteiger partial charge in [-0.15, -0.1) is 0 Å². The molecule has 0 aliphatic carbocycles. The first-order valence-electron chi connectivity index (χ1n) is 10.2. The summed E-state index contributed by atoms with van der Waals surface area (Å²) in [6.45, 7) is 0.281.